The third-order valence-corrected chi connectivity index (χ3v) is 3.34. The number of carbonyl (C=O) groups excluding carboxylic acids is 2. The van der Waals surface area contributed by atoms with Crippen molar-refractivity contribution in [1.82, 2.24) is 0 Å². The highest BCUT2D eigenvalue weighted by Gasteiger charge is 2.18. The van der Waals surface area contributed by atoms with Crippen molar-refractivity contribution in [2.45, 2.75) is 13.5 Å². The molecule has 0 N–H and O–H groups in total. The minimum Gasteiger partial charge on any atom is -0.465 e. The van der Waals surface area contributed by atoms with E-state index >= 15 is 0 Å². The minimum absolute atomic E-state index is 0.219. The van der Waals surface area contributed by atoms with Gasteiger partial charge < -0.3 is 9.47 Å². The monoisotopic (exact) mass is 331 g/mol. The van der Waals surface area contributed by atoms with Crippen molar-refractivity contribution >= 4 is 17.7 Å². The smallest absolute Gasteiger partial charge is 0.414 e. The first-order valence-corrected chi connectivity index (χ1v) is 7.42. The van der Waals surface area contributed by atoms with Crippen LogP contribution in [0.2, 0.25) is 0 Å². The second-order valence-corrected chi connectivity index (χ2v) is 4.95. The average Bonchev–Trinajstić information content (AvgIpc) is 2.61. The molecule has 2 rings (SSSR count). The average molecular weight is 331 g/mol. The van der Waals surface area contributed by atoms with E-state index in [-0.39, 0.29) is 19.0 Å². The number of amides is 1. The maximum Gasteiger partial charge on any atom is 0.414 e. The molecule has 0 unspecified atom stereocenters. The highest BCUT2D eigenvalue weighted by atomic mass is 19.1. The fourth-order valence-corrected chi connectivity index (χ4v) is 2.13. The lowest BCUT2D eigenvalue weighted by atomic mass is 10.1. The zero-order valence-electron chi connectivity index (χ0n) is 13.5. The summed E-state index contributed by atoms with van der Waals surface area (Å²) in [6, 6.07) is 12.3. The topological polar surface area (TPSA) is 55.8 Å². The van der Waals surface area contributed by atoms with Gasteiger partial charge in [-0.1, -0.05) is 12.1 Å². The first kappa shape index (κ1) is 17.5. The molecular formula is C18H18FNO4. The minimum atomic E-state index is -0.521. The molecule has 0 aliphatic heterocycles. The van der Waals surface area contributed by atoms with Gasteiger partial charge in [-0.3, -0.25) is 4.90 Å². The molecule has 0 radical (unpaired) electrons. The lowest BCUT2D eigenvalue weighted by Gasteiger charge is -2.22. The third-order valence-electron chi connectivity index (χ3n) is 3.34. The summed E-state index contributed by atoms with van der Waals surface area (Å²) in [5.74, 6) is -0.799. The predicted octanol–water partition coefficient (Wildman–Crippen LogP) is 3.78. The largest absolute Gasteiger partial charge is 0.465 e. The summed E-state index contributed by atoms with van der Waals surface area (Å²) >= 11 is 0. The van der Waals surface area contributed by atoms with Crippen LogP contribution in [0.1, 0.15) is 22.8 Å². The van der Waals surface area contributed by atoms with E-state index in [2.05, 4.69) is 4.74 Å². The molecule has 1 amide bonds. The van der Waals surface area contributed by atoms with Gasteiger partial charge in [-0.15, -0.1) is 0 Å². The molecular weight excluding hydrogens is 313 g/mol. The number of hydrogen-bond donors (Lipinski definition) is 0. The van der Waals surface area contributed by atoms with Crippen LogP contribution in [-0.2, 0) is 16.0 Å². The second-order valence-electron chi connectivity index (χ2n) is 4.95. The SMILES string of the molecule is CCOC(=O)N(Cc1ccc(F)cc1)c1ccc(C(=O)OC)cc1. The summed E-state index contributed by atoms with van der Waals surface area (Å²) in [6.45, 7) is 2.17. The van der Waals surface area contributed by atoms with Crippen LogP contribution in [0.5, 0.6) is 0 Å². The first-order valence-electron chi connectivity index (χ1n) is 7.42. The number of methoxy groups -OCH3 is 1. The molecule has 0 bridgehead atoms. The van der Waals surface area contributed by atoms with Crippen molar-refractivity contribution in [1.29, 1.82) is 0 Å². The van der Waals surface area contributed by atoms with E-state index in [1.807, 2.05) is 0 Å². The molecule has 0 saturated heterocycles. The molecule has 126 valence electrons. The summed E-state index contributed by atoms with van der Waals surface area (Å²) in [4.78, 5) is 25.1. The predicted molar refractivity (Wildman–Crippen MR) is 87.4 cm³/mol. The van der Waals surface area contributed by atoms with Gasteiger partial charge in [-0.25, -0.2) is 14.0 Å². The standard InChI is InChI=1S/C18H18FNO4/c1-3-24-18(22)20(12-13-4-8-15(19)9-5-13)16-10-6-14(7-11-16)17(21)23-2/h4-11H,3,12H2,1-2H3. The molecule has 0 fully saturated rings. The number of nitrogens with zero attached hydrogens (tertiary/aromatic N) is 1. The summed E-state index contributed by atoms with van der Waals surface area (Å²) in [5.41, 5.74) is 1.69. The molecule has 0 heterocycles. The van der Waals surface area contributed by atoms with Gasteiger partial charge in [0.15, 0.2) is 0 Å². The number of halogens is 1. The third kappa shape index (κ3) is 4.32. The number of esters is 1. The van der Waals surface area contributed by atoms with Crippen LogP contribution in [-0.4, -0.2) is 25.8 Å². The fourth-order valence-electron chi connectivity index (χ4n) is 2.13. The van der Waals surface area contributed by atoms with Crippen LogP contribution in [0.4, 0.5) is 14.9 Å². The number of rotatable bonds is 5. The van der Waals surface area contributed by atoms with Crippen molar-refractivity contribution in [3.05, 3.63) is 65.5 Å². The van der Waals surface area contributed by atoms with Gasteiger partial charge in [0.25, 0.3) is 0 Å². The molecule has 0 spiro atoms. The molecule has 5 nitrogen and oxygen atoms in total. The van der Waals surface area contributed by atoms with Crippen molar-refractivity contribution in [3.8, 4) is 0 Å². The number of carbonyl (C=O) groups is 2. The van der Waals surface area contributed by atoms with E-state index < -0.39 is 12.1 Å². The highest BCUT2D eigenvalue weighted by molar-refractivity contribution is 5.91. The van der Waals surface area contributed by atoms with Gasteiger partial charge in [0.05, 0.1) is 25.8 Å². The quantitative estimate of drug-likeness (QED) is 0.783. The first-order chi connectivity index (χ1) is 11.5. The Hall–Kier alpha value is -2.89. The van der Waals surface area contributed by atoms with E-state index in [0.717, 1.165) is 5.56 Å². The Bertz CT molecular complexity index is 698. The molecule has 24 heavy (non-hydrogen) atoms. The van der Waals surface area contributed by atoms with Gasteiger partial charge in [0, 0.05) is 5.69 Å². The van der Waals surface area contributed by atoms with Gasteiger partial charge >= 0.3 is 12.1 Å². The molecule has 2 aromatic rings. The van der Waals surface area contributed by atoms with Gasteiger partial charge in [0.2, 0.25) is 0 Å². The number of benzene rings is 2. The fraction of sp³-hybridized carbons (Fsp3) is 0.222. The lowest BCUT2D eigenvalue weighted by Crippen LogP contribution is -2.31. The molecule has 0 saturated carbocycles. The van der Waals surface area contributed by atoms with Gasteiger partial charge in [0.1, 0.15) is 5.82 Å². The van der Waals surface area contributed by atoms with Crippen LogP contribution in [0.15, 0.2) is 48.5 Å². The zero-order chi connectivity index (χ0) is 17.5. The van der Waals surface area contributed by atoms with Crippen LogP contribution in [0, 0.1) is 5.82 Å². The molecule has 0 atom stereocenters. The molecule has 0 aliphatic rings. The Morgan fingerprint density at radius 3 is 2.21 bits per heavy atom. The molecule has 0 aliphatic carbocycles. The Labute approximate surface area is 139 Å². The highest BCUT2D eigenvalue weighted by Crippen LogP contribution is 2.20. The number of hydrogen-bond acceptors (Lipinski definition) is 4. The second kappa shape index (κ2) is 8.10. The van der Waals surface area contributed by atoms with Crippen molar-refractivity contribution in [3.63, 3.8) is 0 Å². The van der Waals surface area contributed by atoms with E-state index in [0.29, 0.717) is 11.3 Å². The zero-order valence-corrected chi connectivity index (χ0v) is 13.5. The Balaban J connectivity index is 2.26. The maximum absolute atomic E-state index is 13.0. The summed E-state index contributed by atoms with van der Waals surface area (Å²) in [6.07, 6.45) is -0.521. The number of ether oxygens (including phenoxy) is 2. The molecule has 0 aromatic heterocycles. The van der Waals surface area contributed by atoms with Gasteiger partial charge in [-0.2, -0.15) is 0 Å². The van der Waals surface area contributed by atoms with E-state index in [1.54, 1.807) is 43.3 Å². The normalized spacial score (nSPS) is 10.1. The summed E-state index contributed by atoms with van der Waals surface area (Å²) in [5, 5.41) is 0. The number of anilines is 1. The van der Waals surface area contributed by atoms with E-state index in [9.17, 15) is 14.0 Å². The summed E-state index contributed by atoms with van der Waals surface area (Å²) in [7, 11) is 1.30. The maximum atomic E-state index is 13.0. The van der Waals surface area contributed by atoms with Crippen molar-refractivity contribution < 1.29 is 23.5 Å². The van der Waals surface area contributed by atoms with E-state index in [4.69, 9.17) is 4.74 Å². The summed E-state index contributed by atoms with van der Waals surface area (Å²) < 4.78 is 22.8. The van der Waals surface area contributed by atoms with Crippen LogP contribution in [0.25, 0.3) is 0 Å². The van der Waals surface area contributed by atoms with E-state index in [1.165, 1.54) is 24.1 Å². The van der Waals surface area contributed by atoms with Crippen molar-refractivity contribution in [2.75, 3.05) is 18.6 Å². The van der Waals surface area contributed by atoms with Crippen LogP contribution in [0.3, 0.4) is 0 Å². The van der Waals surface area contributed by atoms with Gasteiger partial charge in [-0.05, 0) is 48.9 Å². The Kier molecular flexibility index (Phi) is 5.89. The van der Waals surface area contributed by atoms with Crippen LogP contribution >= 0.6 is 0 Å². The van der Waals surface area contributed by atoms with Crippen LogP contribution < -0.4 is 4.90 Å². The molecule has 2 aromatic carbocycles. The van der Waals surface area contributed by atoms with Crippen molar-refractivity contribution in [2.24, 2.45) is 0 Å². The Morgan fingerprint density at radius 2 is 1.67 bits per heavy atom. The molecule has 6 heteroatoms. The lowest BCUT2D eigenvalue weighted by molar-refractivity contribution is 0.0600. The Morgan fingerprint density at radius 1 is 1.04 bits per heavy atom.